The number of methoxy groups -OCH3 is 1. The van der Waals surface area contributed by atoms with Gasteiger partial charge in [-0.05, 0) is 18.4 Å². The minimum atomic E-state index is 0.692. The molecule has 0 amide bonds. The van der Waals surface area contributed by atoms with Crippen LogP contribution in [0.25, 0.3) is 11.3 Å². The first kappa shape index (κ1) is 13.4. The van der Waals surface area contributed by atoms with Crippen LogP contribution in [0.15, 0.2) is 34.5 Å². The maximum Gasteiger partial charge on any atom is 0.183 e. The summed E-state index contributed by atoms with van der Waals surface area (Å²) in [4.78, 5) is 5.82. The van der Waals surface area contributed by atoms with E-state index in [0.717, 1.165) is 22.9 Å². The van der Waals surface area contributed by atoms with Gasteiger partial charge in [0, 0.05) is 29.5 Å². The minimum absolute atomic E-state index is 0.692. The van der Waals surface area contributed by atoms with Gasteiger partial charge in [-0.15, -0.1) is 23.1 Å². The molecule has 3 nitrogen and oxygen atoms in total. The van der Waals surface area contributed by atoms with Crippen molar-refractivity contribution >= 4 is 28.2 Å². The second kappa shape index (κ2) is 6.78. The van der Waals surface area contributed by atoms with Gasteiger partial charge in [0.15, 0.2) is 5.13 Å². The molecule has 0 aliphatic heterocycles. The van der Waals surface area contributed by atoms with Crippen molar-refractivity contribution < 1.29 is 4.74 Å². The fourth-order valence-electron chi connectivity index (χ4n) is 1.51. The van der Waals surface area contributed by atoms with Gasteiger partial charge in [0.2, 0.25) is 0 Å². The number of aromatic nitrogens is 1. The largest absolute Gasteiger partial charge is 0.383 e. The van der Waals surface area contributed by atoms with Gasteiger partial charge in [0.05, 0.1) is 12.3 Å². The second-order valence-corrected chi connectivity index (χ2v) is 5.42. The fraction of sp³-hybridized carbons (Fsp3) is 0.308. The van der Waals surface area contributed by atoms with Gasteiger partial charge < -0.3 is 10.1 Å². The van der Waals surface area contributed by atoms with E-state index in [1.54, 1.807) is 30.2 Å². The van der Waals surface area contributed by atoms with Crippen LogP contribution in [0, 0.1) is 0 Å². The van der Waals surface area contributed by atoms with Crippen molar-refractivity contribution in [3.05, 3.63) is 29.6 Å². The van der Waals surface area contributed by atoms with E-state index in [4.69, 9.17) is 4.74 Å². The molecule has 0 fully saturated rings. The Morgan fingerprint density at radius 1 is 1.33 bits per heavy atom. The molecule has 0 atom stereocenters. The predicted octanol–water partition coefficient (Wildman–Crippen LogP) is 3.59. The van der Waals surface area contributed by atoms with Crippen LogP contribution in [0.4, 0.5) is 5.13 Å². The van der Waals surface area contributed by atoms with Gasteiger partial charge in [-0.2, -0.15) is 0 Å². The number of nitrogens with one attached hydrogen (secondary N) is 1. The standard InChI is InChI=1S/C13H16N2OS2/c1-16-8-7-14-13-15-12(9-18-13)10-3-5-11(17-2)6-4-10/h3-6,9H,7-8H2,1-2H3,(H,14,15). The van der Waals surface area contributed by atoms with E-state index in [0.29, 0.717) is 6.61 Å². The summed E-state index contributed by atoms with van der Waals surface area (Å²) in [6, 6.07) is 8.47. The highest BCUT2D eigenvalue weighted by Gasteiger charge is 2.04. The van der Waals surface area contributed by atoms with Crippen molar-refractivity contribution in [2.75, 3.05) is 31.8 Å². The molecule has 96 valence electrons. The van der Waals surface area contributed by atoms with Crippen molar-refractivity contribution in [3.63, 3.8) is 0 Å². The first-order valence-electron chi connectivity index (χ1n) is 5.66. The summed E-state index contributed by atoms with van der Waals surface area (Å²) in [5.41, 5.74) is 2.18. The van der Waals surface area contributed by atoms with Crippen LogP contribution in [0.2, 0.25) is 0 Å². The zero-order valence-electron chi connectivity index (χ0n) is 10.5. The van der Waals surface area contributed by atoms with E-state index in [-0.39, 0.29) is 0 Å². The first-order chi connectivity index (χ1) is 8.83. The highest BCUT2D eigenvalue weighted by Crippen LogP contribution is 2.26. The summed E-state index contributed by atoms with van der Waals surface area (Å²) in [6.07, 6.45) is 2.08. The molecule has 2 rings (SSSR count). The smallest absolute Gasteiger partial charge is 0.183 e. The van der Waals surface area contributed by atoms with Crippen molar-refractivity contribution in [1.82, 2.24) is 4.98 Å². The minimum Gasteiger partial charge on any atom is -0.383 e. The number of hydrogen-bond acceptors (Lipinski definition) is 5. The summed E-state index contributed by atoms with van der Waals surface area (Å²) in [6.45, 7) is 1.48. The lowest BCUT2D eigenvalue weighted by Gasteiger charge is -2.01. The van der Waals surface area contributed by atoms with Crippen LogP contribution in [0.5, 0.6) is 0 Å². The fourth-order valence-corrected chi connectivity index (χ4v) is 2.67. The average Bonchev–Trinajstić information content (AvgIpc) is 2.88. The Labute approximate surface area is 116 Å². The third-order valence-corrected chi connectivity index (χ3v) is 4.02. The van der Waals surface area contributed by atoms with Gasteiger partial charge in [0.25, 0.3) is 0 Å². The molecular formula is C13H16N2OS2. The third kappa shape index (κ3) is 3.48. The Morgan fingerprint density at radius 2 is 2.11 bits per heavy atom. The summed E-state index contributed by atoms with van der Waals surface area (Å²) in [5, 5.41) is 6.25. The topological polar surface area (TPSA) is 34.1 Å². The summed E-state index contributed by atoms with van der Waals surface area (Å²) >= 11 is 3.37. The molecule has 0 spiro atoms. The molecule has 0 unspecified atom stereocenters. The molecule has 0 saturated carbocycles. The Hall–Kier alpha value is -1.04. The maximum absolute atomic E-state index is 4.99. The number of benzene rings is 1. The molecular weight excluding hydrogens is 264 g/mol. The number of hydrogen-bond donors (Lipinski definition) is 1. The summed E-state index contributed by atoms with van der Waals surface area (Å²) in [7, 11) is 1.70. The third-order valence-electron chi connectivity index (χ3n) is 2.47. The number of rotatable bonds is 6. The monoisotopic (exact) mass is 280 g/mol. The van der Waals surface area contributed by atoms with Crippen LogP contribution in [0.1, 0.15) is 0 Å². The highest BCUT2D eigenvalue weighted by molar-refractivity contribution is 7.98. The lowest BCUT2D eigenvalue weighted by molar-refractivity contribution is 0.211. The Morgan fingerprint density at radius 3 is 2.78 bits per heavy atom. The average molecular weight is 280 g/mol. The molecule has 0 aliphatic carbocycles. The molecule has 1 aromatic carbocycles. The number of nitrogens with zero attached hydrogens (tertiary/aromatic N) is 1. The molecule has 0 bridgehead atoms. The molecule has 0 aliphatic rings. The van der Waals surface area contributed by atoms with Crippen molar-refractivity contribution in [2.24, 2.45) is 0 Å². The lowest BCUT2D eigenvalue weighted by atomic mass is 10.2. The molecule has 1 aromatic heterocycles. The van der Waals surface area contributed by atoms with Gasteiger partial charge >= 0.3 is 0 Å². The van der Waals surface area contributed by atoms with Crippen LogP contribution in [-0.2, 0) is 4.74 Å². The van der Waals surface area contributed by atoms with Crippen LogP contribution in [0.3, 0.4) is 0 Å². The normalized spacial score (nSPS) is 10.6. The maximum atomic E-state index is 4.99. The van der Waals surface area contributed by atoms with Crippen molar-refractivity contribution in [2.45, 2.75) is 4.90 Å². The number of thioether (sulfide) groups is 1. The lowest BCUT2D eigenvalue weighted by Crippen LogP contribution is -2.06. The van der Waals surface area contributed by atoms with Gasteiger partial charge in [-0.3, -0.25) is 0 Å². The Balaban J connectivity index is 2.04. The van der Waals surface area contributed by atoms with Crippen molar-refractivity contribution in [3.8, 4) is 11.3 Å². The highest BCUT2D eigenvalue weighted by atomic mass is 32.2. The van der Waals surface area contributed by atoms with Gasteiger partial charge in [-0.1, -0.05) is 12.1 Å². The second-order valence-electron chi connectivity index (χ2n) is 3.69. The Bertz CT molecular complexity index is 482. The van der Waals surface area contributed by atoms with Crippen LogP contribution >= 0.6 is 23.1 Å². The van der Waals surface area contributed by atoms with Crippen molar-refractivity contribution in [1.29, 1.82) is 0 Å². The van der Waals surface area contributed by atoms with Gasteiger partial charge in [0.1, 0.15) is 0 Å². The van der Waals surface area contributed by atoms with E-state index in [9.17, 15) is 0 Å². The molecule has 0 radical (unpaired) electrons. The van der Waals surface area contributed by atoms with E-state index in [2.05, 4.69) is 46.2 Å². The van der Waals surface area contributed by atoms with E-state index < -0.39 is 0 Å². The van der Waals surface area contributed by atoms with E-state index in [1.165, 1.54) is 4.90 Å². The van der Waals surface area contributed by atoms with Gasteiger partial charge in [-0.25, -0.2) is 4.98 Å². The first-order valence-corrected chi connectivity index (χ1v) is 7.76. The van der Waals surface area contributed by atoms with Crippen LogP contribution in [-0.4, -0.2) is 31.5 Å². The molecule has 0 saturated heterocycles. The molecule has 5 heteroatoms. The quantitative estimate of drug-likeness (QED) is 0.647. The summed E-state index contributed by atoms with van der Waals surface area (Å²) in [5.74, 6) is 0. The molecule has 2 aromatic rings. The predicted molar refractivity (Wildman–Crippen MR) is 79.7 cm³/mol. The van der Waals surface area contributed by atoms with E-state index >= 15 is 0 Å². The zero-order chi connectivity index (χ0) is 12.8. The van der Waals surface area contributed by atoms with E-state index in [1.807, 2.05) is 0 Å². The summed E-state index contributed by atoms with van der Waals surface area (Å²) < 4.78 is 4.99. The molecule has 18 heavy (non-hydrogen) atoms. The zero-order valence-corrected chi connectivity index (χ0v) is 12.1. The molecule has 1 N–H and O–H groups in total. The number of ether oxygens (including phenoxy) is 1. The van der Waals surface area contributed by atoms with Crippen LogP contribution < -0.4 is 5.32 Å². The Kier molecular flexibility index (Phi) is 5.04. The molecule has 1 heterocycles. The number of thiazole rings is 1. The number of anilines is 1. The SMILES string of the molecule is COCCNc1nc(-c2ccc(SC)cc2)cs1.